The molecule has 0 N–H and O–H groups in total. The van der Waals surface area contributed by atoms with Gasteiger partial charge < -0.3 is 9.46 Å². The molecule has 0 spiro atoms. The molecule has 0 aliphatic heterocycles. The van der Waals surface area contributed by atoms with E-state index < -0.39 is 6.07 Å². The van der Waals surface area contributed by atoms with E-state index in [1.165, 1.54) is 5.67 Å². The molecule has 0 aromatic rings. The third-order valence-corrected chi connectivity index (χ3v) is 0.586. The number of nitrogens with zero attached hydrogens (tertiary/aromatic N) is 1. The van der Waals surface area contributed by atoms with Crippen LogP contribution in [-0.2, 0) is 4.57 Å². The fraction of sp³-hybridized carbons (Fsp3) is 0.667. The second kappa shape index (κ2) is 6.44. The molecular weight excluding hydrogens is 219 g/mol. The van der Waals surface area contributed by atoms with Crippen LogP contribution >= 0.6 is 40.2 Å². The van der Waals surface area contributed by atoms with Crippen LogP contribution in [0.4, 0.5) is 0 Å². The zero-order chi connectivity index (χ0) is 8.78. The Balaban J connectivity index is 0. The average molecular weight is 226 g/mol. The quantitative estimate of drug-likeness (QED) is 0.356. The Morgan fingerprint density at radius 1 is 1.50 bits per heavy atom. The number of hydrogen-bond acceptors (Lipinski definition) is 2. The molecule has 0 aliphatic carbocycles. The lowest BCUT2D eigenvalue weighted by Gasteiger charge is -1.98. The molecule has 0 bridgehead atoms. The van der Waals surface area contributed by atoms with Crippen molar-refractivity contribution in [2.24, 2.45) is 0 Å². The maximum Gasteiger partial charge on any atom is 0.232 e. The summed E-state index contributed by atoms with van der Waals surface area (Å²) < 4.78 is 11.0. The largest absolute Gasteiger partial charge is 0.776 e. The van der Waals surface area contributed by atoms with Gasteiger partial charge in [-0.25, -0.2) is 4.58 Å². The van der Waals surface area contributed by atoms with Crippen LogP contribution in [0, 0.1) is 0 Å². The monoisotopic (exact) mass is 225 g/mol. The van der Waals surface area contributed by atoms with E-state index in [4.69, 9.17) is 11.6 Å². The van der Waals surface area contributed by atoms with E-state index in [0.717, 1.165) is 0 Å². The molecule has 62 valence electrons. The molecule has 0 aliphatic rings. The SMILES string of the molecule is C[N+](C)=CCl.O=P([O-])(Cl)Cl. The summed E-state index contributed by atoms with van der Waals surface area (Å²) in [6.07, 6.45) is -3.94. The van der Waals surface area contributed by atoms with Crippen LogP contribution in [0.15, 0.2) is 0 Å². The van der Waals surface area contributed by atoms with Gasteiger partial charge in [-0.3, -0.25) is 0 Å². The molecule has 3 nitrogen and oxygen atoms in total. The van der Waals surface area contributed by atoms with Gasteiger partial charge in [-0.2, -0.15) is 0 Å². The van der Waals surface area contributed by atoms with Crippen molar-refractivity contribution < 1.29 is 14.0 Å². The van der Waals surface area contributed by atoms with Crippen molar-refractivity contribution in [3.63, 3.8) is 0 Å². The van der Waals surface area contributed by atoms with Gasteiger partial charge >= 0.3 is 0 Å². The maximum absolute atomic E-state index is 9.19. The van der Waals surface area contributed by atoms with Crippen molar-refractivity contribution in [3.05, 3.63) is 0 Å². The normalized spacial score (nSPS) is 9.40. The molecule has 0 amide bonds. The number of hydrogen-bond donors (Lipinski definition) is 0. The second-order valence-electron chi connectivity index (χ2n) is 1.48. The summed E-state index contributed by atoms with van der Waals surface area (Å²) in [7, 11) is 3.74. The molecule has 0 heterocycles. The van der Waals surface area contributed by atoms with Crippen molar-refractivity contribution in [2.45, 2.75) is 0 Å². The van der Waals surface area contributed by atoms with Crippen molar-refractivity contribution in [1.29, 1.82) is 0 Å². The van der Waals surface area contributed by atoms with Crippen LogP contribution in [0.2, 0.25) is 0 Å². The highest BCUT2D eigenvalue weighted by atomic mass is 35.9. The smallest absolute Gasteiger partial charge is 0.232 e. The zero-order valence-corrected chi connectivity index (χ0v) is 8.58. The Kier molecular flexibility index (Phi) is 8.58. The first-order chi connectivity index (χ1) is 4.27. The Labute approximate surface area is 74.2 Å². The fourth-order valence-electron chi connectivity index (χ4n) is 0. The van der Waals surface area contributed by atoms with Crippen molar-refractivity contribution in [2.75, 3.05) is 14.1 Å². The second-order valence-corrected chi connectivity index (χ2v) is 5.69. The lowest BCUT2D eigenvalue weighted by molar-refractivity contribution is -0.457. The molecule has 0 aromatic heterocycles. The van der Waals surface area contributed by atoms with E-state index in [2.05, 4.69) is 22.5 Å². The Morgan fingerprint density at radius 3 is 1.60 bits per heavy atom. The van der Waals surface area contributed by atoms with Gasteiger partial charge in [0.15, 0.2) is 6.07 Å². The molecule has 0 unspecified atom stereocenters. The van der Waals surface area contributed by atoms with Gasteiger partial charge in [-0.05, 0) is 11.6 Å². The van der Waals surface area contributed by atoms with E-state index in [1.807, 2.05) is 14.1 Å². The van der Waals surface area contributed by atoms with E-state index in [9.17, 15) is 9.46 Å². The van der Waals surface area contributed by atoms with Crippen LogP contribution < -0.4 is 4.89 Å². The van der Waals surface area contributed by atoms with Crippen LogP contribution in [0.3, 0.4) is 0 Å². The highest BCUT2D eigenvalue weighted by Crippen LogP contribution is 2.46. The molecule has 0 rings (SSSR count). The topological polar surface area (TPSA) is 43.1 Å². The first-order valence-electron chi connectivity index (χ1n) is 2.07. The lowest BCUT2D eigenvalue weighted by Crippen LogP contribution is -1.91. The highest BCUT2D eigenvalue weighted by Gasteiger charge is 1.85. The van der Waals surface area contributed by atoms with Crippen molar-refractivity contribution >= 4 is 45.8 Å². The van der Waals surface area contributed by atoms with Crippen LogP contribution in [0.1, 0.15) is 0 Å². The summed E-state index contributed by atoms with van der Waals surface area (Å²) >= 11 is 13.7. The Morgan fingerprint density at radius 2 is 1.60 bits per heavy atom. The van der Waals surface area contributed by atoms with Gasteiger partial charge in [0.2, 0.25) is 5.67 Å². The molecule has 0 atom stereocenters. The van der Waals surface area contributed by atoms with E-state index >= 15 is 0 Å². The average Bonchev–Trinajstić information content (AvgIpc) is 1.61. The number of halogens is 3. The summed E-state index contributed by atoms with van der Waals surface area (Å²) in [6, 6.07) is 0. The number of rotatable bonds is 0. The van der Waals surface area contributed by atoms with E-state index in [0.29, 0.717) is 0 Å². The summed E-state index contributed by atoms with van der Waals surface area (Å²) in [5.74, 6) is 0. The predicted octanol–water partition coefficient (Wildman–Crippen LogP) is 1.46. The first kappa shape index (κ1) is 13.3. The summed E-state index contributed by atoms with van der Waals surface area (Å²) in [4.78, 5) is 9.19. The Hall–Kier alpha value is 0.730. The molecule has 10 heavy (non-hydrogen) atoms. The molecule has 0 fully saturated rings. The summed E-state index contributed by atoms with van der Waals surface area (Å²) in [6.45, 7) is 0. The first-order valence-corrected chi connectivity index (χ1v) is 5.95. The third kappa shape index (κ3) is 70.0. The minimum atomic E-state index is -3.94. The minimum absolute atomic E-state index is 1.47. The lowest BCUT2D eigenvalue weighted by atomic mass is 11.1. The maximum atomic E-state index is 9.19. The summed E-state index contributed by atoms with van der Waals surface area (Å²) in [5.41, 5.74) is 1.47. The molecule has 0 saturated carbocycles. The Bertz CT molecular complexity index is 142. The third-order valence-electron chi connectivity index (χ3n) is 0.195. The van der Waals surface area contributed by atoms with Gasteiger partial charge in [-0.15, -0.1) is 0 Å². The summed E-state index contributed by atoms with van der Waals surface area (Å²) in [5, 5.41) is 0. The van der Waals surface area contributed by atoms with Crippen LogP contribution in [0.25, 0.3) is 0 Å². The van der Waals surface area contributed by atoms with Crippen LogP contribution in [-0.4, -0.2) is 24.3 Å². The molecule has 0 radical (unpaired) electrons. The van der Waals surface area contributed by atoms with E-state index in [-0.39, 0.29) is 0 Å². The predicted molar refractivity (Wildman–Crippen MR) is 43.3 cm³/mol. The minimum Gasteiger partial charge on any atom is -0.776 e. The molecule has 7 heteroatoms. The van der Waals surface area contributed by atoms with Gasteiger partial charge in [0, 0.05) is 0 Å². The molecule has 0 aromatic carbocycles. The van der Waals surface area contributed by atoms with Gasteiger partial charge in [0.05, 0.1) is 0 Å². The molecule has 0 saturated heterocycles. The van der Waals surface area contributed by atoms with Gasteiger partial charge in [0.1, 0.15) is 14.1 Å². The van der Waals surface area contributed by atoms with Gasteiger partial charge in [0.25, 0.3) is 0 Å². The van der Waals surface area contributed by atoms with Crippen LogP contribution in [0.5, 0.6) is 0 Å². The van der Waals surface area contributed by atoms with Crippen molar-refractivity contribution in [3.8, 4) is 0 Å². The van der Waals surface area contributed by atoms with Gasteiger partial charge in [-0.1, -0.05) is 22.5 Å². The fourth-order valence-corrected chi connectivity index (χ4v) is 0. The standard InChI is InChI=1S/C3H7ClN.Cl2HO2P/c1-5(2)3-4;1-5(2,3)4/h3H,1-2H3;(H,3,4)/q+1;/p-1. The zero-order valence-electron chi connectivity index (χ0n) is 5.42. The highest BCUT2D eigenvalue weighted by molar-refractivity contribution is 8.03. The van der Waals surface area contributed by atoms with E-state index in [1.54, 1.807) is 4.58 Å². The van der Waals surface area contributed by atoms with Crippen molar-refractivity contribution in [1.82, 2.24) is 0 Å². The molecular formula is C3H7Cl3NO2P.